The quantitative estimate of drug-likeness (QED) is 0.862. The monoisotopic (exact) mass is 300 g/mol. The van der Waals surface area contributed by atoms with Crippen LogP contribution in [0.25, 0.3) is 0 Å². The lowest BCUT2D eigenvalue weighted by Crippen LogP contribution is -2.29. The molecular weight excluding hydrogens is 285 g/mol. The number of likely N-dealkylation sites (N-methyl/N-ethyl adjacent to an activating group) is 1. The summed E-state index contributed by atoms with van der Waals surface area (Å²) in [7, 11) is 1.96. The third-order valence-electron chi connectivity index (χ3n) is 4.06. The fraction of sp³-hybridized carbons (Fsp3) is 0.500. The van der Waals surface area contributed by atoms with Crippen molar-refractivity contribution in [2.45, 2.75) is 12.3 Å². The Morgan fingerprint density at radius 3 is 2.81 bits per heavy atom. The van der Waals surface area contributed by atoms with Crippen LogP contribution in [0.2, 0.25) is 0 Å². The zero-order valence-electron chi connectivity index (χ0n) is 11.4. The Morgan fingerprint density at radius 1 is 1.33 bits per heavy atom. The highest BCUT2D eigenvalue weighted by Gasteiger charge is 2.40. The van der Waals surface area contributed by atoms with Crippen LogP contribution < -0.4 is 10.1 Å². The van der Waals surface area contributed by atoms with Crippen molar-refractivity contribution >= 4 is 5.91 Å². The van der Waals surface area contributed by atoms with Crippen LogP contribution in [0, 0.1) is 5.92 Å². The highest BCUT2D eigenvalue weighted by Crippen LogP contribution is 2.39. The first-order valence-corrected chi connectivity index (χ1v) is 6.70. The van der Waals surface area contributed by atoms with E-state index in [0.717, 1.165) is 13.1 Å². The minimum absolute atomic E-state index is 0.0117. The highest BCUT2D eigenvalue weighted by atomic mass is 19.4. The number of fused-ring (bicyclic) bond motifs is 3. The normalized spacial score (nSPS) is 25.8. The predicted octanol–water partition coefficient (Wildman–Crippen LogP) is 1.97. The zero-order valence-corrected chi connectivity index (χ0v) is 11.4. The van der Waals surface area contributed by atoms with Gasteiger partial charge in [0.1, 0.15) is 5.75 Å². The van der Waals surface area contributed by atoms with Gasteiger partial charge in [-0.3, -0.25) is 4.79 Å². The van der Waals surface area contributed by atoms with Gasteiger partial charge in [-0.05, 0) is 24.6 Å². The molecule has 1 aromatic rings. The maximum absolute atomic E-state index is 12.5. The van der Waals surface area contributed by atoms with Gasteiger partial charge in [0.15, 0.2) is 0 Å². The topological polar surface area (TPSA) is 41.6 Å². The number of carbonyl (C=O) groups excluding carboxylic acids is 1. The number of nitrogens with zero attached hydrogens (tertiary/aromatic N) is 1. The predicted molar refractivity (Wildman–Crippen MR) is 69.2 cm³/mol. The van der Waals surface area contributed by atoms with Crippen molar-refractivity contribution in [2.75, 3.05) is 26.7 Å². The van der Waals surface area contributed by atoms with Crippen LogP contribution in [0.4, 0.5) is 13.2 Å². The number of halogens is 3. The van der Waals surface area contributed by atoms with Crippen molar-refractivity contribution in [2.24, 2.45) is 5.92 Å². The van der Waals surface area contributed by atoms with E-state index in [1.165, 1.54) is 12.1 Å². The number of benzene rings is 1. The van der Waals surface area contributed by atoms with Gasteiger partial charge in [-0.1, -0.05) is 12.1 Å². The minimum atomic E-state index is -4.81. The number of alkyl halides is 3. The van der Waals surface area contributed by atoms with Crippen molar-refractivity contribution in [1.29, 1.82) is 0 Å². The Morgan fingerprint density at radius 2 is 2.10 bits per heavy atom. The first-order chi connectivity index (χ1) is 9.85. The second-order valence-corrected chi connectivity index (χ2v) is 5.57. The van der Waals surface area contributed by atoms with Gasteiger partial charge in [-0.25, -0.2) is 0 Å². The lowest BCUT2D eigenvalue weighted by molar-refractivity contribution is -0.274. The van der Waals surface area contributed by atoms with E-state index in [0.29, 0.717) is 12.1 Å². The number of carbonyl (C=O) groups is 1. The Kier molecular flexibility index (Phi) is 3.32. The summed E-state index contributed by atoms with van der Waals surface area (Å²) in [5.41, 5.74) is 0.652. The molecule has 0 saturated carbocycles. The molecular formula is C14H15F3N2O2. The molecule has 0 radical (unpaired) electrons. The van der Waals surface area contributed by atoms with E-state index in [1.807, 2.05) is 7.05 Å². The van der Waals surface area contributed by atoms with E-state index in [9.17, 15) is 18.0 Å². The van der Waals surface area contributed by atoms with Gasteiger partial charge in [-0.15, -0.1) is 13.2 Å². The smallest absolute Gasteiger partial charge is 0.405 e. The number of hydrogen-bond donors (Lipinski definition) is 1. The van der Waals surface area contributed by atoms with Gasteiger partial charge in [0, 0.05) is 25.6 Å². The van der Waals surface area contributed by atoms with Crippen LogP contribution in [0.1, 0.15) is 21.8 Å². The molecule has 0 aliphatic carbocycles. The number of rotatable bonds is 1. The Hall–Kier alpha value is -1.76. The molecule has 0 bridgehead atoms. The van der Waals surface area contributed by atoms with Crippen LogP contribution in [-0.2, 0) is 0 Å². The maximum Gasteiger partial charge on any atom is 0.573 e. The second kappa shape index (κ2) is 4.91. The third kappa shape index (κ3) is 2.70. The van der Waals surface area contributed by atoms with Gasteiger partial charge < -0.3 is 15.0 Å². The van der Waals surface area contributed by atoms with Crippen LogP contribution in [0.15, 0.2) is 18.2 Å². The summed E-state index contributed by atoms with van der Waals surface area (Å²) in [4.78, 5) is 14.3. The molecule has 3 rings (SSSR count). The molecule has 4 nitrogen and oxygen atoms in total. The van der Waals surface area contributed by atoms with Crippen molar-refractivity contribution < 1.29 is 22.7 Å². The molecule has 2 heterocycles. The van der Waals surface area contributed by atoms with Crippen LogP contribution in [-0.4, -0.2) is 43.9 Å². The summed E-state index contributed by atoms with van der Waals surface area (Å²) >= 11 is 0. The Bertz CT molecular complexity index is 574. The molecule has 1 aromatic carbocycles. The number of nitrogens with one attached hydrogen (secondary N) is 1. The molecule has 2 atom stereocenters. The van der Waals surface area contributed by atoms with Crippen molar-refractivity contribution in [3.05, 3.63) is 29.3 Å². The summed E-state index contributed by atoms with van der Waals surface area (Å²) in [6.45, 7) is 2.00. The Balaban J connectivity index is 2.07. The molecule has 1 saturated heterocycles. The lowest BCUT2D eigenvalue weighted by atomic mass is 9.87. The highest BCUT2D eigenvalue weighted by molar-refractivity contribution is 5.99. The van der Waals surface area contributed by atoms with Gasteiger partial charge in [-0.2, -0.15) is 0 Å². The number of amides is 1. The van der Waals surface area contributed by atoms with E-state index >= 15 is 0 Å². The number of ether oxygens (including phenoxy) is 1. The van der Waals surface area contributed by atoms with Crippen LogP contribution >= 0.6 is 0 Å². The summed E-state index contributed by atoms with van der Waals surface area (Å²) in [6.07, 6.45) is -4.81. The van der Waals surface area contributed by atoms with E-state index in [2.05, 4.69) is 15.0 Å². The van der Waals surface area contributed by atoms with Gasteiger partial charge in [0.25, 0.3) is 5.91 Å². The van der Waals surface area contributed by atoms with E-state index in [1.54, 1.807) is 6.07 Å². The lowest BCUT2D eigenvalue weighted by Gasteiger charge is -2.18. The van der Waals surface area contributed by atoms with Crippen LogP contribution in [0.3, 0.4) is 0 Å². The molecule has 21 heavy (non-hydrogen) atoms. The molecule has 1 amide bonds. The number of hydrogen-bond acceptors (Lipinski definition) is 3. The molecule has 2 aliphatic heterocycles. The second-order valence-electron chi connectivity index (χ2n) is 5.57. The molecule has 1 fully saturated rings. The van der Waals surface area contributed by atoms with E-state index in [4.69, 9.17) is 0 Å². The maximum atomic E-state index is 12.5. The summed E-state index contributed by atoms with van der Waals surface area (Å²) in [5, 5.41) is 2.71. The summed E-state index contributed by atoms with van der Waals surface area (Å²) in [5.74, 6) is -0.670. The van der Waals surface area contributed by atoms with Crippen molar-refractivity contribution in [3.63, 3.8) is 0 Å². The van der Waals surface area contributed by atoms with Gasteiger partial charge in [0.2, 0.25) is 0 Å². The van der Waals surface area contributed by atoms with Gasteiger partial charge >= 0.3 is 6.36 Å². The molecule has 0 unspecified atom stereocenters. The largest absolute Gasteiger partial charge is 0.573 e. The summed E-state index contributed by atoms with van der Waals surface area (Å²) in [6, 6.07) is 4.42. The fourth-order valence-corrected chi connectivity index (χ4v) is 3.27. The van der Waals surface area contributed by atoms with Crippen LogP contribution in [0.5, 0.6) is 5.75 Å². The zero-order chi connectivity index (χ0) is 15.2. The Labute approximate surface area is 119 Å². The van der Waals surface area contributed by atoms with Gasteiger partial charge in [0.05, 0.1) is 5.56 Å². The molecule has 0 aromatic heterocycles. The average Bonchev–Trinajstić information content (AvgIpc) is 2.69. The summed E-state index contributed by atoms with van der Waals surface area (Å²) < 4.78 is 41.6. The van der Waals surface area contributed by atoms with Crippen molar-refractivity contribution in [1.82, 2.24) is 10.2 Å². The first-order valence-electron chi connectivity index (χ1n) is 6.70. The molecule has 0 spiro atoms. The molecule has 7 heteroatoms. The first kappa shape index (κ1) is 14.2. The SMILES string of the molecule is CN1C[C@H]2CNC(=O)c3c(OC(F)(F)F)cccc3[C@@H]2C1. The third-order valence-corrected chi connectivity index (χ3v) is 4.06. The fourth-order valence-electron chi connectivity index (χ4n) is 3.27. The minimum Gasteiger partial charge on any atom is -0.405 e. The number of likely N-dealkylation sites (tertiary alicyclic amines) is 1. The molecule has 114 valence electrons. The standard InChI is InChI=1S/C14H15F3N2O2/c1-19-6-8-5-18-13(20)12-9(10(8)7-19)3-2-4-11(12)21-14(15,16)17/h2-4,8,10H,5-7H2,1H3,(H,18,20)/t8-,10-/m1/s1. The van der Waals surface area contributed by atoms with Crippen molar-refractivity contribution in [3.8, 4) is 5.75 Å². The molecule has 1 N–H and O–H groups in total. The average molecular weight is 300 g/mol. The van der Waals surface area contributed by atoms with E-state index in [-0.39, 0.29) is 17.4 Å². The molecule has 2 aliphatic rings. The van der Waals surface area contributed by atoms with E-state index < -0.39 is 18.0 Å².